The van der Waals surface area contributed by atoms with Crippen molar-refractivity contribution >= 4 is 6.03 Å². The van der Waals surface area contributed by atoms with Crippen molar-refractivity contribution in [3.8, 4) is 0 Å². The summed E-state index contributed by atoms with van der Waals surface area (Å²) in [5, 5.41) is 2.92. The maximum Gasteiger partial charge on any atom is 0.317 e. The number of amides is 2. The molecule has 1 heterocycles. The van der Waals surface area contributed by atoms with Crippen LogP contribution in [0.15, 0.2) is 0 Å². The van der Waals surface area contributed by atoms with E-state index in [1.54, 1.807) is 0 Å². The fourth-order valence-corrected chi connectivity index (χ4v) is 1.97. The third kappa shape index (κ3) is 6.24. The van der Waals surface area contributed by atoms with E-state index in [0.29, 0.717) is 19.1 Å². The van der Waals surface area contributed by atoms with Crippen LogP contribution in [0.5, 0.6) is 0 Å². The van der Waals surface area contributed by atoms with Gasteiger partial charge in [0, 0.05) is 26.2 Å². The molecule has 0 bridgehead atoms. The normalized spacial score (nSPS) is 17.2. The highest BCUT2D eigenvalue weighted by molar-refractivity contribution is 5.74. The number of rotatable bonds is 6. The first-order valence-electron chi connectivity index (χ1n) is 7.20. The Hall–Kier alpha value is -0.770. The fourth-order valence-electron chi connectivity index (χ4n) is 1.97. The van der Waals surface area contributed by atoms with Gasteiger partial charge in [-0.1, -0.05) is 20.8 Å². The van der Waals surface area contributed by atoms with E-state index in [0.717, 1.165) is 44.9 Å². The van der Waals surface area contributed by atoms with E-state index in [-0.39, 0.29) is 6.03 Å². The van der Waals surface area contributed by atoms with Crippen LogP contribution in [0.3, 0.4) is 0 Å². The lowest BCUT2D eigenvalue weighted by atomic mass is 10.00. The van der Waals surface area contributed by atoms with Crippen LogP contribution in [-0.4, -0.2) is 43.8 Å². The van der Waals surface area contributed by atoms with Crippen LogP contribution >= 0.6 is 0 Å². The van der Waals surface area contributed by atoms with E-state index in [1.807, 2.05) is 4.90 Å². The molecule has 1 saturated heterocycles. The van der Waals surface area contributed by atoms with Crippen LogP contribution in [0.1, 0.15) is 40.0 Å². The van der Waals surface area contributed by atoms with E-state index in [4.69, 9.17) is 4.74 Å². The van der Waals surface area contributed by atoms with Crippen LogP contribution in [0.2, 0.25) is 0 Å². The largest absolute Gasteiger partial charge is 0.380 e. The van der Waals surface area contributed by atoms with Gasteiger partial charge in [-0.3, -0.25) is 0 Å². The van der Waals surface area contributed by atoms with Crippen molar-refractivity contribution in [2.24, 2.45) is 11.8 Å². The van der Waals surface area contributed by atoms with Crippen molar-refractivity contribution < 1.29 is 9.53 Å². The molecule has 0 atom stereocenters. The van der Waals surface area contributed by atoms with Gasteiger partial charge in [-0.25, -0.2) is 4.79 Å². The van der Waals surface area contributed by atoms with Gasteiger partial charge >= 0.3 is 6.03 Å². The zero-order chi connectivity index (χ0) is 13.4. The molecule has 4 heteroatoms. The lowest BCUT2D eigenvalue weighted by Gasteiger charge is -2.30. The monoisotopic (exact) mass is 256 g/mol. The van der Waals surface area contributed by atoms with Gasteiger partial charge in [0.25, 0.3) is 0 Å². The van der Waals surface area contributed by atoms with Gasteiger partial charge in [-0.15, -0.1) is 0 Å². The molecule has 0 aliphatic carbocycles. The summed E-state index contributed by atoms with van der Waals surface area (Å²) < 4.78 is 5.47. The number of ether oxygens (including phenoxy) is 1. The molecule has 2 amide bonds. The average molecular weight is 256 g/mol. The first-order valence-corrected chi connectivity index (χ1v) is 7.20. The molecule has 0 unspecified atom stereocenters. The van der Waals surface area contributed by atoms with Gasteiger partial charge in [-0.05, 0) is 31.1 Å². The molecule has 4 nitrogen and oxygen atoms in total. The van der Waals surface area contributed by atoms with Gasteiger partial charge in [0.15, 0.2) is 0 Å². The first kappa shape index (κ1) is 15.3. The Morgan fingerprint density at radius 2 is 2.00 bits per heavy atom. The highest BCUT2D eigenvalue weighted by atomic mass is 16.5. The summed E-state index contributed by atoms with van der Waals surface area (Å²) in [6.45, 7) is 10.4. The minimum absolute atomic E-state index is 0.0642. The zero-order valence-electron chi connectivity index (χ0n) is 12.1. The Labute approximate surface area is 111 Å². The molecule has 0 aromatic carbocycles. The molecular weight excluding hydrogens is 228 g/mol. The Kier molecular flexibility index (Phi) is 7.09. The summed E-state index contributed by atoms with van der Waals surface area (Å²) in [6, 6.07) is 0.0642. The summed E-state index contributed by atoms with van der Waals surface area (Å²) in [6.07, 6.45) is 3.33. The first-order chi connectivity index (χ1) is 8.59. The minimum Gasteiger partial charge on any atom is -0.380 e. The Morgan fingerprint density at radius 1 is 1.33 bits per heavy atom. The van der Waals surface area contributed by atoms with E-state index in [1.165, 1.54) is 0 Å². The maximum absolute atomic E-state index is 11.8. The zero-order valence-corrected chi connectivity index (χ0v) is 12.1. The number of urea groups is 1. The van der Waals surface area contributed by atoms with E-state index < -0.39 is 0 Å². The number of piperidine rings is 1. The standard InChI is InChI=1S/C14H28N2O2/c1-12(2)6-10-18-11-7-15-14(17)16-8-4-13(3)5-9-16/h12-13H,4-11H2,1-3H3,(H,15,17). The summed E-state index contributed by atoms with van der Waals surface area (Å²) in [5.41, 5.74) is 0. The number of hydrogen-bond acceptors (Lipinski definition) is 2. The predicted octanol–water partition coefficient (Wildman–Crippen LogP) is 2.49. The van der Waals surface area contributed by atoms with Crippen molar-refractivity contribution in [2.45, 2.75) is 40.0 Å². The molecule has 1 N–H and O–H groups in total. The molecule has 1 aliphatic heterocycles. The smallest absolute Gasteiger partial charge is 0.317 e. The average Bonchev–Trinajstić information content (AvgIpc) is 2.34. The number of nitrogens with one attached hydrogen (secondary N) is 1. The highest BCUT2D eigenvalue weighted by Crippen LogP contribution is 2.15. The highest BCUT2D eigenvalue weighted by Gasteiger charge is 2.19. The minimum atomic E-state index is 0.0642. The van der Waals surface area contributed by atoms with Gasteiger partial charge < -0.3 is 15.0 Å². The van der Waals surface area contributed by atoms with Crippen molar-refractivity contribution in [3.05, 3.63) is 0 Å². The van der Waals surface area contributed by atoms with Crippen molar-refractivity contribution in [3.63, 3.8) is 0 Å². The number of carbonyl (C=O) groups is 1. The van der Waals surface area contributed by atoms with E-state index >= 15 is 0 Å². The number of likely N-dealkylation sites (tertiary alicyclic amines) is 1. The molecule has 0 spiro atoms. The fraction of sp³-hybridized carbons (Fsp3) is 0.929. The SMILES string of the molecule is CC(C)CCOCCNC(=O)N1CCC(C)CC1. The molecule has 1 aliphatic rings. The van der Waals surface area contributed by atoms with E-state index in [9.17, 15) is 4.79 Å². The van der Waals surface area contributed by atoms with Crippen LogP contribution in [-0.2, 0) is 4.74 Å². The predicted molar refractivity (Wildman–Crippen MR) is 73.6 cm³/mol. The van der Waals surface area contributed by atoms with Gasteiger partial charge in [0.05, 0.1) is 6.61 Å². The molecule has 106 valence electrons. The van der Waals surface area contributed by atoms with Crippen molar-refractivity contribution in [2.75, 3.05) is 32.8 Å². The quantitative estimate of drug-likeness (QED) is 0.742. The van der Waals surface area contributed by atoms with Gasteiger partial charge in [0.1, 0.15) is 0 Å². The molecule has 0 radical (unpaired) electrons. The van der Waals surface area contributed by atoms with Crippen LogP contribution in [0.4, 0.5) is 4.79 Å². The summed E-state index contributed by atoms with van der Waals surface area (Å²) in [5.74, 6) is 1.43. The third-order valence-corrected chi connectivity index (χ3v) is 3.43. The Bertz CT molecular complexity index is 236. The second-order valence-electron chi connectivity index (χ2n) is 5.70. The van der Waals surface area contributed by atoms with Crippen molar-refractivity contribution in [1.29, 1.82) is 0 Å². The molecule has 0 aromatic heterocycles. The number of hydrogen-bond donors (Lipinski definition) is 1. The Balaban J connectivity index is 2.00. The molecule has 1 fully saturated rings. The second-order valence-corrected chi connectivity index (χ2v) is 5.70. The van der Waals surface area contributed by atoms with Crippen LogP contribution in [0, 0.1) is 11.8 Å². The summed E-state index contributed by atoms with van der Waals surface area (Å²) in [7, 11) is 0. The molecule has 18 heavy (non-hydrogen) atoms. The lowest BCUT2D eigenvalue weighted by molar-refractivity contribution is 0.122. The summed E-state index contributed by atoms with van der Waals surface area (Å²) >= 11 is 0. The summed E-state index contributed by atoms with van der Waals surface area (Å²) in [4.78, 5) is 13.7. The Morgan fingerprint density at radius 3 is 2.61 bits per heavy atom. The third-order valence-electron chi connectivity index (χ3n) is 3.43. The van der Waals surface area contributed by atoms with Crippen LogP contribution in [0.25, 0.3) is 0 Å². The van der Waals surface area contributed by atoms with Gasteiger partial charge in [0.2, 0.25) is 0 Å². The lowest BCUT2D eigenvalue weighted by Crippen LogP contribution is -2.45. The van der Waals surface area contributed by atoms with E-state index in [2.05, 4.69) is 26.1 Å². The number of nitrogens with zero attached hydrogens (tertiary/aromatic N) is 1. The molecule has 0 saturated carbocycles. The molecule has 1 rings (SSSR count). The molecular formula is C14H28N2O2. The van der Waals surface area contributed by atoms with Crippen LogP contribution < -0.4 is 5.32 Å². The topological polar surface area (TPSA) is 41.6 Å². The maximum atomic E-state index is 11.8. The molecule has 0 aromatic rings. The second kappa shape index (κ2) is 8.35. The van der Waals surface area contributed by atoms with Crippen molar-refractivity contribution in [1.82, 2.24) is 10.2 Å². The number of carbonyl (C=O) groups excluding carboxylic acids is 1. The van der Waals surface area contributed by atoms with Gasteiger partial charge in [-0.2, -0.15) is 0 Å².